The third kappa shape index (κ3) is 4.24. The van der Waals surface area contributed by atoms with Gasteiger partial charge in [0.05, 0.1) is 25.3 Å². The van der Waals surface area contributed by atoms with Gasteiger partial charge in [0.2, 0.25) is 0 Å². The number of benzene rings is 3. The van der Waals surface area contributed by atoms with Gasteiger partial charge in [0.1, 0.15) is 11.5 Å². The van der Waals surface area contributed by atoms with Crippen LogP contribution in [0.3, 0.4) is 0 Å². The lowest BCUT2D eigenvalue weighted by atomic mass is 9.94. The summed E-state index contributed by atoms with van der Waals surface area (Å²) in [5.74, 6) is -0.978. The van der Waals surface area contributed by atoms with E-state index in [1.54, 1.807) is 43.5 Å². The van der Waals surface area contributed by atoms with Crippen molar-refractivity contribution in [3.63, 3.8) is 0 Å². The minimum Gasteiger partial charge on any atom is -0.507 e. The lowest BCUT2D eigenvalue weighted by Crippen LogP contribution is -2.29. The lowest BCUT2D eigenvalue weighted by Gasteiger charge is -2.26. The number of nitrogens with zero attached hydrogens (tertiary/aromatic N) is 1. The molecular formula is C27H24ClNO4. The Bertz CT molecular complexity index is 1260. The molecule has 1 aliphatic rings. The minimum atomic E-state index is -0.770. The summed E-state index contributed by atoms with van der Waals surface area (Å²) in [4.78, 5) is 27.9. The molecule has 0 radical (unpaired) electrons. The number of ketones is 1. The Morgan fingerprint density at radius 3 is 2.36 bits per heavy atom. The average Bonchev–Trinajstić information content (AvgIpc) is 3.06. The van der Waals surface area contributed by atoms with Gasteiger partial charge in [-0.2, -0.15) is 0 Å². The first-order valence-corrected chi connectivity index (χ1v) is 10.9. The van der Waals surface area contributed by atoms with E-state index in [4.69, 9.17) is 16.3 Å². The molecule has 1 N–H and O–H groups in total. The molecule has 3 aromatic carbocycles. The number of methoxy groups -OCH3 is 1. The summed E-state index contributed by atoms with van der Waals surface area (Å²) in [5.41, 5.74) is 4.03. The number of hydrogen-bond acceptors (Lipinski definition) is 4. The molecule has 1 saturated heterocycles. The normalized spacial score (nSPS) is 17.5. The smallest absolute Gasteiger partial charge is 0.295 e. The molecule has 0 bridgehead atoms. The Hall–Kier alpha value is -3.57. The van der Waals surface area contributed by atoms with E-state index in [0.717, 1.165) is 16.7 Å². The number of halogens is 1. The molecule has 33 heavy (non-hydrogen) atoms. The van der Waals surface area contributed by atoms with E-state index in [9.17, 15) is 14.7 Å². The third-order valence-corrected chi connectivity index (χ3v) is 6.29. The first-order chi connectivity index (χ1) is 15.8. The number of carbonyl (C=O) groups excluding carboxylic acids is 2. The Morgan fingerprint density at radius 2 is 1.70 bits per heavy atom. The van der Waals surface area contributed by atoms with Crippen LogP contribution in [0.15, 0.2) is 72.3 Å². The van der Waals surface area contributed by atoms with E-state index in [1.165, 1.54) is 4.90 Å². The van der Waals surface area contributed by atoms with Crippen molar-refractivity contribution >= 4 is 29.1 Å². The topological polar surface area (TPSA) is 66.8 Å². The molecule has 1 amide bonds. The number of ether oxygens (including phenoxy) is 1. The molecule has 1 unspecified atom stereocenters. The molecule has 4 rings (SSSR count). The van der Waals surface area contributed by atoms with Crippen LogP contribution in [-0.4, -0.2) is 28.8 Å². The predicted molar refractivity (Wildman–Crippen MR) is 128 cm³/mol. The van der Waals surface area contributed by atoms with Crippen LogP contribution >= 0.6 is 11.6 Å². The Kier molecular flexibility index (Phi) is 6.25. The van der Waals surface area contributed by atoms with Gasteiger partial charge in [0.25, 0.3) is 11.7 Å². The zero-order valence-electron chi connectivity index (χ0n) is 18.6. The van der Waals surface area contributed by atoms with Gasteiger partial charge in [-0.1, -0.05) is 54.1 Å². The summed E-state index contributed by atoms with van der Waals surface area (Å²) in [6, 6.07) is 19.0. The highest BCUT2D eigenvalue weighted by atomic mass is 35.5. The molecule has 5 nitrogen and oxygen atoms in total. The molecule has 3 aromatic rings. The lowest BCUT2D eigenvalue weighted by molar-refractivity contribution is -0.140. The molecule has 0 spiro atoms. The van der Waals surface area contributed by atoms with Crippen molar-refractivity contribution in [2.24, 2.45) is 0 Å². The number of amides is 1. The number of para-hydroxylation sites is 1. The summed E-state index contributed by atoms with van der Waals surface area (Å²) >= 11 is 6.08. The minimum absolute atomic E-state index is 0.0560. The van der Waals surface area contributed by atoms with Gasteiger partial charge >= 0.3 is 0 Å². The van der Waals surface area contributed by atoms with Gasteiger partial charge < -0.3 is 14.7 Å². The van der Waals surface area contributed by atoms with Crippen LogP contribution in [0.5, 0.6) is 5.75 Å². The maximum atomic E-state index is 13.2. The van der Waals surface area contributed by atoms with E-state index < -0.39 is 17.7 Å². The zero-order chi connectivity index (χ0) is 23.7. The van der Waals surface area contributed by atoms with E-state index in [-0.39, 0.29) is 17.9 Å². The summed E-state index contributed by atoms with van der Waals surface area (Å²) in [6.45, 7) is 4.05. The zero-order valence-corrected chi connectivity index (χ0v) is 19.4. The molecule has 168 valence electrons. The van der Waals surface area contributed by atoms with Crippen molar-refractivity contribution in [1.29, 1.82) is 0 Å². The average molecular weight is 462 g/mol. The van der Waals surface area contributed by atoms with Crippen LogP contribution < -0.4 is 4.74 Å². The Morgan fingerprint density at radius 1 is 1.00 bits per heavy atom. The second-order valence-corrected chi connectivity index (χ2v) is 8.53. The van der Waals surface area contributed by atoms with Crippen molar-refractivity contribution in [2.45, 2.75) is 26.4 Å². The van der Waals surface area contributed by atoms with Crippen LogP contribution in [0.4, 0.5) is 0 Å². The highest BCUT2D eigenvalue weighted by Crippen LogP contribution is 2.41. The number of aryl methyl sites for hydroxylation is 2. The molecule has 1 aliphatic heterocycles. The van der Waals surface area contributed by atoms with Gasteiger partial charge in [0.15, 0.2) is 0 Å². The van der Waals surface area contributed by atoms with Gasteiger partial charge in [-0.05, 0) is 54.8 Å². The molecule has 1 fully saturated rings. The van der Waals surface area contributed by atoms with Crippen LogP contribution in [0, 0.1) is 13.8 Å². The van der Waals surface area contributed by atoms with Gasteiger partial charge in [-0.15, -0.1) is 0 Å². The van der Waals surface area contributed by atoms with Crippen LogP contribution in [0.1, 0.15) is 33.9 Å². The Balaban J connectivity index is 1.88. The summed E-state index contributed by atoms with van der Waals surface area (Å²) < 4.78 is 5.44. The van der Waals surface area contributed by atoms with Crippen LogP contribution in [-0.2, 0) is 16.1 Å². The SMILES string of the molecule is COc1ccccc1CN1C(=O)C(=O)/C(=C(\O)c2ccc(C)c(C)c2)C1c1ccc(Cl)cc1. The monoisotopic (exact) mass is 461 g/mol. The number of likely N-dealkylation sites (tertiary alicyclic amines) is 1. The maximum Gasteiger partial charge on any atom is 0.295 e. The van der Waals surface area contributed by atoms with Crippen molar-refractivity contribution in [2.75, 3.05) is 7.11 Å². The van der Waals surface area contributed by atoms with E-state index in [0.29, 0.717) is 21.9 Å². The first-order valence-electron chi connectivity index (χ1n) is 10.5. The third-order valence-electron chi connectivity index (χ3n) is 6.04. The first kappa shape index (κ1) is 22.6. The molecule has 0 aliphatic carbocycles. The van der Waals surface area contributed by atoms with Gasteiger partial charge in [-0.25, -0.2) is 0 Å². The fourth-order valence-electron chi connectivity index (χ4n) is 4.10. The summed E-state index contributed by atoms with van der Waals surface area (Å²) in [5, 5.41) is 11.8. The second-order valence-electron chi connectivity index (χ2n) is 8.09. The fraction of sp³-hybridized carbons (Fsp3) is 0.185. The van der Waals surface area contributed by atoms with E-state index in [2.05, 4.69) is 0 Å². The van der Waals surface area contributed by atoms with Crippen LogP contribution in [0.2, 0.25) is 5.02 Å². The highest BCUT2D eigenvalue weighted by molar-refractivity contribution is 6.46. The fourth-order valence-corrected chi connectivity index (χ4v) is 4.22. The standard InChI is InChI=1S/C27H24ClNO4/c1-16-8-9-19(14-17(16)2)25(30)23-24(18-10-12-21(28)13-11-18)29(27(32)26(23)31)15-20-6-4-5-7-22(20)33-3/h4-14,24,30H,15H2,1-3H3/b25-23-. The summed E-state index contributed by atoms with van der Waals surface area (Å²) in [6.07, 6.45) is 0. The van der Waals surface area contributed by atoms with E-state index in [1.807, 2.05) is 44.2 Å². The molecule has 1 heterocycles. The number of aliphatic hydroxyl groups is 1. The van der Waals surface area contributed by atoms with Gasteiger partial charge in [-0.3, -0.25) is 9.59 Å². The molecule has 0 saturated carbocycles. The Labute approximate surface area is 197 Å². The number of aliphatic hydroxyl groups excluding tert-OH is 1. The molecule has 6 heteroatoms. The van der Waals surface area contributed by atoms with E-state index >= 15 is 0 Å². The maximum absolute atomic E-state index is 13.2. The quantitative estimate of drug-likeness (QED) is 0.305. The number of Topliss-reactive ketones (excluding diaryl/α,β-unsaturated/α-hetero) is 1. The van der Waals surface area contributed by atoms with Crippen molar-refractivity contribution in [3.8, 4) is 5.75 Å². The largest absolute Gasteiger partial charge is 0.507 e. The second kappa shape index (κ2) is 9.12. The summed E-state index contributed by atoms with van der Waals surface area (Å²) in [7, 11) is 1.56. The van der Waals surface area contributed by atoms with Crippen molar-refractivity contribution in [3.05, 3.63) is 105 Å². The van der Waals surface area contributed by atoms with Crippen molar-refractivity contribution < 1.29 is 19.4 Å². The van der Waals surface area contributed by atoms with Crippen molar-refractivity contribution in [1.82, 2.24) is 4.90 Å². The number of rotatable bonds is 5. The predicted octanol–water partition coefficient (Wildman–Crippen LogP) is 5.59. The molecule has 0 aromatic heterocycles. The highest BCUT2D eigenvalue weighted by Gasteiger charge is 2.46. The number of carbonyl (C=O) groups is 2. The molecule has 1 atom stereocenters. The van der Waals surface area contributed by atoms with Gasteiger partial charge in [0, 0.05) is 16.1 Å². The molecular weight excluding hydrogens is 438 g/mol. The number of hydrogen-bond donors (Lipinski definition) is 1. The van der Waals surface area contributed by atoms with Crippen LogP contribution in [0.25, 0.3) is 5.76 Å².